The molecule has 4 aliphatic rings. The highest BCUT2D eigenvalue weighted by Crippen LogP contribution is 2.46. The van der Waals surface area contributed by atoms with Crippen LogP contribution in [0.1, 0.15) is 42.1 Å². The quantitative estimate of drug-likeness (QED) is 0.689. The first-order valence-corrected chi connectivity index (χ1v) is 9.32. The van der Waals surface area contributed by atoms with E-state index < -0.39 is 45.2 Å². The molecule has 0 radical (unpaired) electrons. The third-order valence-electron chi connectivity index (χ3n) is 6.23. The monoisotopic (exact) mass is 390 g/mol. The van der Waals surface area contributed by atoms with Crippen LogP contribution in [0.4, 0.5) is 20.2 Å². The van der Waals surface area contributed by atoms with Crippen LogP contribution >= 0.6 is 0 Å². The summed E-state index contributed by atoms with van der Waals surface area (Å²) < 4.78 is 32.2. The SMILES string of the molecule is Nc1c(F)c(N2CC3CC(N)(C3)C2)c(F)c2c1c(=O)c(C(=O)O)cn2C1CC1. The number of rotatable bonds is 3. The average molecular weight is 390 g/mol. The molecule has 2 bridgehead atoms. The molecule has 1 aromatic carbocycles. The summed E-state index contributed by atoms with van der Waals surface area (Å²) in [5.74, 6) is -3.09. The Morgan fingerprint density at radius 3 is 2.50 bits per heavy atom. The molecule has 1 aromatic heterocycles. The summed E-state index contributed by atoms with van der Waals surface area (Å²) in [4.78, 5) is 25.7. The number of hydrogen-bond acceptors (Lipinski definition) is 5. The molecule has 0 amide bonds. The Labute approximate surface area is 158 Å². The number of halogens is 2. The summed E-state index contributed by atoms with van der Waals surface area (Å²) in [6, 6.07) is -0.135. The second-order valence-electron chi connectivity index (χ2n) is 8.45. The molecule has 6 rings (SSSR count). The molecule has 2 aliphatic heterocycles. The number of anilines is 2. The van der Waals surface area contributed by atoms with Gasteiger partial charge in [-0.1, -0.05) is 0 Å². The van der Waals surface area contributed by atoms with Gasteiger partial charge in [-0.2, -0.15) is 0 Å². The van der Waals surface area contributed by atoms with E-state index in [1.165, 1.54) is 4.57 Å². The van der Waals surface area contributed by atoms with Gasteiger partial charge in [-0.05, 0) is 31.6 Å². The van der Waals surface area contributed by atoms with Crippen molar-refractivity contribution in [2.75, 3.05) is 23.7 Å². The molecule has 0 atom stereocenters. The number of hydrogen-bond donors (Lipinski definition) is 3. The minimum Gasteiger partial charge on any atom is -0.477 e. The fourth-order valence-corrected chi connectivity index (χ4v) is 4.90. The summed E-state index contributed by atoms with van der Waals surface area (Å²) in [7, 11) is 0. The van der Waals surface area contributed by atoms with Crippen LogP contribution in [-0.2, 0) is 0 Å². The van der Waals surface area contributed by atoms with Crippen LogP contribution in [0, 0.1) is 17.6 Å². The maximum absolute atomic E-state index is 15.6. The van der Waals surface area contributed by atoms with E-state index >= 15 is 8.78 Å². The van der Waals surface area contributed by atoms with Gasteiger partial charge in [0.1, 0.15) is 11.3 Å². The van der Waals surface area contributed by atoms with Crippen molar-refractivity contribution >= 4 is 28.2 Å². The predicted molar refractivity (Wildman–Crippen MR) is 99.6 cm³/mol. The maximum atomic E-state index is 15.6. The Bertz CT molecular complexity index is 1100. The first-order valence-electron chi connectivity index (χ1n) is 9.32. The molecule has 4 fully saturated rings. The topological polar surface area (TPSA) is 115 Å². The van der Waals surface area contributed by atoms with Gasteiger partial charge in [0, 0.05) is 30.9 Å². The Balaban J connectivity index is 1.80. The zero-order chi connectivity index (χ0) is 20.0. The lowest BCUT2D eigenvalue weighted by Crippen LogP contribution is -2.66. The summed E-state index contributed by atoms with van der Waals surface area (Å²) in [6.45, 7) is 0.780. The highest BCUT2D eigenvalue weighted by Gasteiger charge is 2.48. The van der Waals surface area contributed by atoms with Crippen LogP contribution < -0.4 is 21.8 Å². The third kappa shape index (κ3) is 2.28. The number of piperidine rings is 2. The van der Waals surface area contributed by atoms with E-state index in [1.807, 2.05) is 0 Å². The Morgan fingerprint density at radius 1 is 1.25 bits per heavy atom. The van der Waals surface area contributed by atoms with Gasteiger partial charge in [0.2, 0.25) is 5.43 Å². The molecule has 2 aliphatic carbocycles. The van der Waals surface area contributed by atoms with E-state index in [9.17, 15) is 14.7 Å². The number of carbonyl (C=O) groups is 1. The summed E-state index contributed by atoms with van der Waals surface area (Å²) >= 11 is 0. The molecular formula is C19H20F2N4O3. The van der Waals surface area contributed by atoms with E-state index in [0.717, 1.165) is 31.9 Å². The molecular weight excluding hydrogens is 370 g/mol. The van der Waals surface area contributed by atoms with E-state index in [1.54, 1.807) is 4.90 Å². The van der Waals surface area contributed by atoms with Gasteiger partial charge in [-0.25, -0.2) is 13.6 Å². The van der Waals surface area contributed by atoms with Crippen molar-refractivity contribution in [2.45, 2.75) is 37.3 Å². The molecule has 3 heterocycles. The number of aromatic nitrogens is 1. The number of aromatic carboxylic acids is 1. The van der Waals surface area contributed by atoms with Crippen molar-refractivity contribution in [3.05, 3.63) is 33.6 Å². The maximum Gasteiger partial charge on any atom is 0.341 e. The molecule has 7 nitrogen and oxygen atoms in total. The van der Waals surface area contributed by atoms with Crippen molar-refractivity contribution in [2.24, 2.45) is 11.7 Å². The highest BCUT2D eigenvalue weighted by atomic mass is 19.1. The van der Waals surface area contributed by atoms with Gasteiger partial charge in [0.15, 0.2) is 11.6 Å². The van der Waals surface area contributed by atoms with Crippen LogP contribution in [0.3, 0.4) is 0 Å². The fourth-order valence-electron chi connectivity index (χ4n) is 4.90. The minimum absolute atomic E-state index is 0.128. The number of nitrogens with zero attached hydrogens (tertiary/aromatic N) is 2. The van der Waals surface area contributed by atoms with Crippen molar-refractivity contribution in [3.63, 3.8) is 0 Å². The molecule has 2 aromatic rings. The second-order valence-corrected chi connectivity index (χ2v) is 8.45. The predicted octanol–water partition coefficient (Wildman–Crippen LogP) is 1.82. The third-order valence-corrected chi connectivity index (χ3v) is 6.23. The lowest BCUT2D eigenvalue weighted by atomic mass is 9.65. The first kappa shape index (κ1) is 17.4. The van der Waals surface area contributed by atoms with Crippen LogP contribution in [0.5, 0.6) is 0 Å². The minimum atomic E-state index is -1.45. The van der Waals surface area contributed by atoms with Gasteiger partial charge in [-0.3, -0.25) is 4.79 Å². The number of fused-ring (bicyclic) bond motifs is 3. The molecule has 0 unspecified atom stereocenters. The van der Waals surface area contributed by atoms with Crippen LogP contribution in [0.15, 0.2) is 11.0 Å². The van der Waals surface area contributed by atoms with Gasteiger partial charge < -0.3 is 26.0 Å². The van der Waals surface area contributed by atoms with Crippen molar-refractivity contribution in [1.82, 2.24) is 4.57 Å². The average Bonchev–Trinajstić information content (AvgIpc) is 3.43. The van der Waals surface area contributed by atoms with Gasteiger partial charge in [0.05, 0.1) is 16.6 Å². The van der Waals surface area contributed by atoms with Gasteiger partial charge >= 0.3 is 5.97 Å². The molecule has 0 spiro atoms. The Hall–Kier alpha value is -2.68. The number of nitrogen functional groups attached to an aromatic ring is 1. The second kappa shape index (κ2) is 5.44. The number of nitrogens with two attached hydrogens (primary N) is 2. The van der Waals surface area contributed by atoms with Crippen molar-refractivity contribution < 1.29 is 18.7 Å². The summed E-state index contributed by atoms with van der Waals surface area (Å²) in [6.07, 6.45) is 4.24. The first-order chi connectivity index (χ1) is 13.2. The lowest BCUT2D eigenvalue weighted by Gasteiger charge is -2.55. The standard InChI is InChI=1S/C19H20F2N4O3/c20-12-14(22)11-15(25(9-1-2-9)6-10(17(11)26)18(27)28)13(21)16(12)24-5-8-3-19(23,4-8)7-24/h6,8-9H,1-5,7,22-23H2,(H,27,28). The number of benzene rings is 1. The largest absolute Gasteiger partial charge is 0.477 e. The molecule has 5 N–H and O–H groups in total. The highest BCUT2D eigenvalue weighted by molar-refractivity contribution is 5.99. The fraction of sp³-hybridized carbons (Fsp3) is 0.474. The zero-order valence-corrected chi connectivity index (χ0v) is 15.0. The Kier molecular flexibility index (Phi) is 3.38. The zero-order valence-electron chi connectivity index (χ0n) is 15.0. The number of carboxylic acid groups (broad SMARTS) is 1. The number of carboxylic acids is 1. The smallest absolute Gasteiger partial charge is 0.341 e. The van der Waals surface area contributed by atoms with Crippen LogP contribution in [-0.4, -0.2) is 34.3 Å². The van der Waals surface area contributed by atoms with E-state index in [4.69, 9.17) is 11.5 Å². The normalized spacial score (nSPS) is 26.4. The lowest BCUT2D eigenvalue weighted by molar-refractivity contribution is 0.0694. The van der Waals surface area contributed by atoms with E-state index in [0.29, 0.717) is 13.1 Å². The van der Waals surface area contributed by atoms with Crippen LogP contribution in [0.25, 0.3) is 10.9 Å². The van der Waals surface area contributed by atoms with Gasteiger partial charge in [-0.15, -0.1) is 0 Å². The molecule has 2 saturated heterocycles. The molecule has 28 heavy (non-hydrogen) atoms. The van der Waals surface area contributed by atoms with Gasteiger partial charge in [0.25, 0.3) is 0 Å². The van der Waals surface area contributed by atoms with Crippen molar-refractivity contribution in [1.29, 1.82) is 0 Å². The number of pyridine rings is 1. The Morgan fingerprint density at radius 2 is 1.93 bits per heavy atom. The summed E-state index contributed by atoms with van der Waals surface area (Å²) in [5, 5.41) is 8.93. The van der Waals surface area contributed by atoms with Crippen molar-refractivity contribution in [3.8, 4) is 0 Å². The molecule has 2 saturated carbocycles. The van der Waals surface area contributed by atoms with E-state index in [-0.39, 0.29) is 23.2 Å². The molecule has 9 heteroatoms. The van der Waals surface area contributed by atoms with Crippen LogP contribution in [0.2, 0.25) is 0 Å². The molecule has 148 valence electrons. The summed E-state index contributed by atoms with van der Waals surface area (Å²) in [5.41, 5.74) is 9.28. The van der Waals surface area contributed by atoms with E-state index in [2.05, 4.69) is 0 Å².